The van der Waals surface area contributed by atoms with E-state index in [1.165, 1.54) is 261 Å². The molecule has 0 bridgehead atoms. The van der Waals surface area contributed by atoms with E-state index in [-0.39, 0.29) is 57.7 Å². The number of esters is 3. The Balaban J connectivity index is 0.000000994. The Bertz CT molecular complexity index is 2030. The molecule has 2 rings (SSSR count). The molecule has 0 saturated heterocycles. The molecule has 12 nitrogen and oxygen atoms in total. The second-order valence-electron chi connectivity index (χ2n) is 26.4. The van der Waals surface area contributed by atoms with Gasteiger partial charge < -0.3 is 29.5 Å². The van der Waals surface area contributed by atoms with E-state index in [4.69, 9.17) is 14.2 Å². The summed E-state index contributed by atoms with van der Waals surface area (Å²) in [4.78, 5) is 74.2. The van der Waals surface area contributed by atoms with Crippen molar-refractivity contribution in [3.05, 3.63) is 69.8 Å². The van der Waals surface area contributed by atoms with Crippen LogP contribution in [0.2, 0.25) is 0 Å². The van der Waals surface area contributed by atoms with Crippen molar-refractivity contribution in [1.29, 1.82) is 0 Å². The maximum atomic E-state index is 13.4. The van der Waals surface area contributed by atoms with E-state index in [0.717, 1.165) is 83.1 Å². The second-order valence-corrected chi connectivity index (χ2v) is 26.4. The Kier molecular flexibility index (Phi) is 53.8. The van der Waals surface area contributed by atoms with Crippen LogP contribution < -0.4 is 0 Å². The van der Waals surface area contributed by atoms with Crippen molar-refractivity contribution in [2.75, 3.05) is 19.8 Å². The summed E-state index contributed by atoms with van der Waals surface area (Å²) in [6, 6.07) is 7.51. The van der Waals surface area contributed by atoms with Crippen LogP contribution in [0.25, 0.3) is 0 Å². The van der Waals surface area contributed by atoms with Gasteiger partial charge in [-0.25, -0.2) is 28.8 Å². The molecule has 0 aliphatic heterocycles. The molecular weight excluding hydrogens is 1130 g/mol. The van der Waals surface area contributed by atoms with Gasteiger partial charge in [0.1, 0.15) is 0 Å². The number of carboxylic acid groups (broad SMARTS) is 3. The van der Waals surface area contributed by atoms with Gasteiger partial charge in [0.05, 0.1) is 53.2 Å². The molecule has 12 heteroatoms. The molecule has 0 saturated carbocycles. The van der Waals surface area contributed by atoms with Gasteiger partial charge in [-0.05, 0) is 92.7 Å². The fourth-order valence-electron chi connectivity index (χ4n) is 12.1. The summed E-state index contributed by atoms with van der Waals surface area (Å²) in [6.07, 6.45) is 58.4. The molecule has 0 aliphatic carbocycles. The van der Waals surface area contributed by atoms with E-state index < -0.39 is 35.8 Å². The van der Waals surface area contributed by atoms with Gasteiger partial charge in [-0.2, -0.15) is 0 Å². The molecule has 0 aromatic heterocycles. The maximum Gasteiger partial charge on any atom is 0.338 e. The Morgan fingerprint density at radius 2 is 0.389 bits per heavy atom. The van der Waals surface area contributed by atoms with Crippen LogP contribution >= 0.6 is 0 Å². The quantitative estimate of drug-likeness (QED) is 0.0323. The lowest BCUT2D eigenvalue weighted by atomic mass is 9.94. The minimum absolute atomic E-state index is 0.0345. The number of aromatic carboxylic acids is 3. The standard InChI is InChI=1S/C49H86O6.C29H46O6/c1-5-9-13-17-21-23-27-31-35-42(33-29-25-19-15-11-7-3)40-54-48(52)45-37-44(47(50)51)38-46(39-45)49(53)55-41-43(34-30-26-20-16-12-8-4)36-32-28-24-22-18-14-10-6-2;1-3-5-7-9-11-12-14-16-18-23(17-15-13-10-8-6-4-2)22-35-29(34)26-20-24(27(30)31)19-25(21-26)28(32)33/h37-39,42-43H,5-36,40-41H2,1-4H3,(H,50,51);19-21,23H,3-18,22H2,1-2H3,(H,30,31)(H,32,33). The first kappa shape index (κ1) is 83.3. The third kappa shape index (κ3) is 44.7. The summed E-state index contributed by atoms with van der Waals surface area (Å²) in [5.41, 5.74) is -0.419. The summed E-state index contributed by atoms with van der Waals surface area (Å²) in [5.74, 6) is -4.72. The third-order valence-electron chi connectivity index (χ3n) is 18.0. The number of carbonyl (C=O) groups is 6. The van der Waals surface area contributed by atoms with Crippen LogP contribution in [0.1, 0.15) is 412 Å². The van der Waals surface area contributed by atoms with Crippen molar-refractivity contribution in [2.45, 2.75) is 350 Å². The van der Waals surface area contributed by atoms with Gasteiger partial charge in [0, 0.05) is 0 Å². The summed E-state index contributed by atoms with van der Waals surface area (Å²) in [6.45, 7) is 14.3. The van der Waals surface area contributed by atoms with E-state index in [2.05, 4.69) is 41.5 Å². The SMILES string of the molecule is CCCCCCCCCCC(CCCCCCCC)COC(=O)c1cc(C(=O)O)cc(C(=O)O)c1.CCCCCCCCCCC(CCCCCCCC)COC(=O)c1cc(C(=O)O)cc(C(=O)OCC(CCCCCCCC)CCCCCCCCCC)c1. The zero-order valence-corrected chi connectivity index (χ0v) is 58.3. The molecule has 2 aromatic rings. The molecule has 3 atom stereocenters. The van der Waals surface area contributed by atoms with E-state index in [1.54, 1.807) is 0 Å². The average molecular weight is 1260 g/mol. The summed E-state index contributed by atoms with van der Waals surface area (Å²) < 4.78 is 17.3. The maximum absolute atomic E-state index is 13.4. The molecule has 0 amide bonds. The molecule has 2 aromatic carbocycles. The lowest BCUT2D eigenvalue weighted by Gasteiger charge is -2.18. The van der Waals surface area contributed by atoms with Crippen LogP contribution in [0.3, 0.4) is 0 Å². The smallest absolute Gasteiger partial charge is 0.338 e. The highest BCUT2D eigenvalue weighted by Crippen LogP contribution is 2.26. The van der Waals surface area contributed by atoms with E-state index >= 15 is 0 Å². The zero-order valence-electron chi connectivity index (χ0n) is 58.3. The largest absolute Gasteiger partial charge is 0.478 e. The average Bonchev–Trinajstić information content (AvgIpc) is 3.74. The van der Waals surface area contributed by atoms with Crippen molar-refractivity contribution in [3.63, 3.8) is 0 Å². The monoisotopic (exact) mass is 1260 g/mol. The highest BCUT2D eigenvalue weighted by atomic mass is 16.5. The van der Waals surface area contributed by atoms with Gasteiger partial charge in [-0.1, -0.05) is 311 Å². The molecule has 0 spiro atoms. The fraction of sp³-hybridized carbons (Fsp3) is 0.769. The van der Waals surface area contributed by atoms with Crippen molar-refractivity contribution in [3.8, 4) is 0 Å². The second kappa shape index (κ2) is 58.1. The molecule has 90 heavy (non-hydrogen) atoms. The number of hydrogen-bond acceptors (Lipinski definition) is 9. The van der Waals surface area contributed by atoms with E-state index in [0.29, 0.717) is 13.2 Å². The highest BCUT2D eigenvalue weighted by molar-refractivity contribution is 6.00. The van der Waals surface area contributed by atoms with Gasteiger partial charge in [0.15, 0.2) is 0 Å². The summed E-state index contributed by atoms with van der Waals surface area (Å²) >= 11 is 0. The van der Waals surface area contributed by atoms with Crippen molar-refractivity contribution in [1.82, 2.24) is 0 Å². The third-order valence-corrected chi connectivity index (χ3v) is 18.0. The molecule has 0 radical (unpaired) electrons. The lowest BCUT2D eigenvalue weighted by molar-refractivity contribution is 0.0408. The molecule has 0 aliphatic rings. The molecular formula is C78H132O12. The predicted molar refractivity (Wildman–Crippen MR) is 371 cm³/mol. The van der Waals surface area contributed by atoms with Crippen LogP contribution in [0.5, 0.6) is 0 Å². The normalized spacial score (nSPS) is 12.2. The number of carbonyl (C=O) groups excluding carboxylic acids is 3. The number of hydrogen-bond donors (Lipinski definition) is 3. The minimum atomic E-state index is -1.28. The van der Waals surface area contributed by atoms with Gasteiger partial charge in [0.25, 0.3) is 0 Å². The van der Waals surface area contributed by atoms with Gasteiger partial charge in [-0.3, -0.25) is 0 Å². The molecule has 3 N–H and O–H groups in total. The predicted octanol–water partition coefficient (Wildman–Crippen LogP) is 23.6. The summed E-state index contributed by atoms with van der Waals surface area (Å²) in [5, 5.41) is 28.4. The van der Waals surface area contributed by atoms with Gasteiger partial charge >= 0.3 is 35.8 Å². The van der Waals surface area contributed by atoms with Gasteiger partial charge in [-0.15, -0.1) is 0 Å². The first-order chi connectivity index (χ1) is 43.7. The highest BCUT2D eigenvalue weighted by Gasteiger charge is 2.22. The van der Waals surface area contributed by atoms with Crippen molar-refractivity contribution < 1.29 is 58.3 Å². The first-order valence-corrected chi connectivity index (χ1v) is 37.3. The molecule has 3 unspecified atom stereocenters. The Morgan fingerprint density at radius 3 is 0.556 bits per heavy atom. The molecule has 0 heterocycles. The minimum Gasteiger partial charge on any atom is -0.478 e. The fourth-order valence-corrected chi connectivity index (χ4v) is 12.1. The van der Waals surface area contributed by atoms with E-state index in [9.17, 15) is 44.1 Å². The van der Waals surface area contributed by atoms with Gasteiger partial charge in [0.2, 0.25) is 0 Å². The van der Waals surface area contributed by atoms with Crippen LogP contribution in [0.15, 0.2) is 36.4 Å². The lowest BCUT2D eigenvalue weighted by Crippen LogP contribution is -2.18. The number of ether oxygens (including phenoxy) is 3. The van der Waals surface area contributed by atoms with Crippen LogP contribution in [-0.4, -0.2) is 71.0 Å². The Morgan fingerprint density at radius 1 is 0.244 bits per heavy atom. The molecule has 0 fully saturated rings. The number of benzene rings is 2. The Hall–Kier alpha value is -4.74. The van der Waals surface area contributed by atoms with Crippen molar-refractivity contribution >= 4 is 35.8 Å². The molecule has 516 valence electrons. The van der Waals surface area contributed by atoms with Crippen molar-refractivity contribution in [2.24, 2.45) is 17.8 Å². The van der Waals surface area contributed by atoms with Crippen LogP contribution in [0, 0.1) is 17.8 Å². The topological polar surface area (TPSA) is 191 Å². The van der Waals surface area contributed by atoms with Crippen LogP contribution in [-0.2, 0) is 14.2 Å². The Labute approximate surface area is 548 Å². The number of rotatable bonds is 60. The summed E-state index contributed by atoms with van der Waals surface area (Å²) in [7, 11) is 0. The number of carboxylic acids is 3. The first-order valence-electron chi connectivity index (χ1n) is 37.3. The zero-order chi connectivity index (χ0) is 66.1. The van der Waals surface area contributed by atoms with E-state index in [1.807, 2.05) is 0 Å². The van der Waals surface area contributed by atoms with Crippen LogP contribution in [0.4, 0.5) is 0 Å². The number of unbranched alkanes of at least 4 members (excludes halogenated alkanes) is 36.